The minimum absolute atomic E-state index is 0.0174. The van der Waals surface area contributed by atoms with Crippen molar-refractivity contribution < 1.29 is 17.9 Å². The van der Waals surface area contributed by atoms with Crippen molar-refractivity contribution in [3.05, 3.63) is 24.3 Å². The Kier molecular flexibility index (Phi) is 4.10. The van der Waals surface area contributed by atoms with Crippen molar-refractivity contribution in [1.82, 2.24) is 0 Å². The lowest BCUT2D eigenvalue weighted by Gasteiger charge is -2.25. The number of hydrogen-bond acceptors (Lipinski definition) is 4. The molecule has 1 aliphatic carbocycles. The lowest BCUT2D eigenvalue weighted by Crippen LogP contribution is -2.40. The predicted molar refractivity (Wildman–Crippen MR) is 84.4 cm³/mol. The monoisotopic (exact) mass is 324 g/mol. The van der Waals surface area contributed by atoms with Crippen LogP contribution in [0.4, 0.5) is 11.4 Å². The van der Waals surface area contributed by atoms with Crippen molar-refractivity contribution in [2.75, 3.05) is 22.5 Å². The first kappa shape index (κ1) is 15.3. The summed E-state index contributed by atoms with van der Waals surface area (Å²) in [5.41, 5.74) is 1.29. The zero-order valence-electron chi connectivity index (χ0n) is 12.5. The molecule has 2 fully saturated rings. The summed E-state index contributed by atoms with van der Waals surface area (Å²) in [6.07, 6.45) is 4.47. The van der Waals surface area contributed by atoms with Gasteiger partial charge in [-0.05, 0) is 49.9 Å². The van der Waals surface area contributed by atoms with Crippen molar-refractivity contribution in [2.45, 2.75) is 37.8 Å². The molecular formula is C15H20N2O4S. The molecule has 1 aliphatic heterocycles. The van der Waals surface area contributed by atoms with E-state index in [1.54, 1.807) is 29.2 Å². The van der Waals surface area contributed by atoms with Gasteiger partial charge in [-0.25, -0.2) is 8.42 Å². The smallest absolute Gasteiger partial charge is 0.256 e. The van der Waals surface area contributed by atoms with E-state index >= 15 is 0 Å². The standard InChI is InChI=1S/C15H20N2O4S/c1-22(19,20)16-11-4-6-12(7-5-11)17(13-8-9-13)15(18)14-3-2-10-21-14/h4-7,13-14,16H,2-3,8-10H2,1H3. The van der Waals surface area contributed by atoms with Crippen LogP contribution < -0.4 is 9.62 Å². The Morgan fingerprint density at radius 1 is 1.23 bits per heavy atom. The number of nitrogens with one attached hydrogen (secondary N) is 1. The molecule has 1 aromatic carbocycles. The van der Waals surface area contributed by atoms with E-state index in [1.807, 2.05) is 0 Å². The lowest BCUT2D eigenvalue weighted by molar-refractivity contribution is -0.127. The summed E-state index contributed by atoms with van der Waals surface area (Å²) in [7, 11) is -3.29. The number of carbonyl (C=O) groups is 1. The maximum Gasteiger partial charge on any atom is 0.256 e. The van der Waals surface area contributed by atoms with Crippen LogP contribution in [0.15, 0.2) is 24.3 Å². The highest BCUT2D eigenvalue weighted by Gasteiger charge is 2.38. The molecule has 0 spiro atoms. The molecular weight excluding hydrogens is 304 g/mol. The Hall–Kier alpha value is -1.60. The predicted octanol–water partition coefficient (Wildman–Crippen LogP) is 1.73. The molecule has 3 rings (SSSR count). The SMILES string of the molecule is CS(=O)(=O)Nc1ccc(N(C(=O)C2CCCO2)C2CC2)cc1. The molecule has 1 saturated heterocycles. The first-order chi connectivity index (χ1) is 10.4. The fourth-order valence-electron chi connectivity index (χ4n) is 2.68. The highest BCUT2D eigenvalue weighted by molar-refractivity contribution is 7.92. The summed E-state index contributed by atoms with van der Waals surface area (Å²) < 4.78 is 30.4. The molecule has 1 N–H and O–H groups in total. The minimum atomic E-state index is -3.29. The first-order valence-electron chi connectivity index (χ1n) is 7.46. The Morgan fingerprint density at radius 3 is 2.41 bits per heavy atom. The lowest BCUT2D eigenvalue weighted by atomic mass is 10.2. The fraction of sp³-hybridized carbons (Fsp3) is 0.533. The molecule has 1 unspecified atom stereocenters. The second-order valence-corrected chi connectivity index (χ2v) is 7.61. The van der Waals surface area contributed by atoms with E-state index in [4.69, 9.17) is 4.74 Å². The van der Waals surface area contributed by atoms with Gasteiger partial charge in [0.05, 0.1) is 6.26 Å². The summed E-state index contributed by atoms with van der Waals surface area (Å²) in [4.78, 5) is 14.4. The van der Waals surface area contributed by atoms with Gasteiger partial charge in [0.2, 0.25) is 10.0 Å². The highest BCUT2D eigenvalue weighted by Crippen LogP contribution is 2.34. The van der Waals surface area contributed by atoms with Gasteiger partial charge in [-0.1, -0.05) is 0 Å². The number of anilines is 2. The molecule has 22 heavy (non-hydrogen) atoms. The van der Waals surface area contributed by atoms with Crippen molar-refractivity contribution in [3.63, 3.8) is 0 Å². The number of rotatable bonds is 5. The van der Waals surface area contributed by atoms with Gasteiger partial charge in [0, 0.05) is 24.0 Å². The third-order valence-electron chi connectivity index (χ3n) is 3.80. The second kappa shape index (κ2) is 5.89. The van der Waals surface area contributed by atoms with Gasteiger partial charge in [0.1, 0.15) is 6.10 Å². The molecule has 0 bridgehead atoms. The van der Waals surface area contributed by atoms with Crippen LogP contribution in [0.5, 0.6) is 0 Å². The number of ether oxygens (including phenoxy) is 1. The molecule has 1 amide bonds. The van der Waals surface area contributed by atoms with Crippen LogP contribution in [0.1, 0.15) is 25.7 Å². The molecule has 0 aromatic heterocycles. The van der Waals surface area contributed by atoms with E-state index in [2.05, 4.69) is 4.72 Å². The van der Waals surface area contributed by atoms with Gasteiger partial charge in [-0.3, -0.25) is 9.52 Å². The molecule has 1 heterocycles. The zero-order chi connectivity index (χ0) is 15.7. The fourth-order valence-corrected chi connectivity index (χ4v) is 3.25. The molecule has 1 saturated carbocycles. The molecule has 2 aliphatic rings. The van der Waals surface area contributed by atoms with E-state index in [-0.39, 0.29) is 18.1 Å². The third-order valence-corrected chi connectivity index (χ3v) is 4.41. The van der Waals surface area contributed by atoms with Crippen LogP contribution >= 0.6 is 0 Å². The Bertz CT molecular complexity index is 647. The third kappa shape index (κ3) is 3.59. The average Bonchev–Trinajstić information content (AvgIpc) is 3.12. The molecule has 6 nitrogen and oxygen atoms in total. The summed E-state index contributed by atoms with van der Waals surface area (Å²) in [6.45, 7) is 0.645. The van der Waals surface area contributed by atoms with E-state index in [1.165, 1.54) is 0 Å². The largest absolute Gasteiger partial charge is 0.368 e. The number of hydrogen-bond donors (Lipinski definition) is 1. The number of amides is 1. The van der Waals surface area contributed by atoms with Crippen LogP contribution in [0.3, 0.4) is 0 Å². The van der Waals surface area contributed by atoms with Crippen molar-refractivity contribution >= 4 is 27.3 Å². The average molecular weight is 324 g/mol. The maximum absolute atomic E-state index is 12.6. The minimum Gasteiger partial charge on any atom is -0.368 e. The molecule has 120 valence electrons. The Labute approximate surface area is 130 Å². The van der Waals surface area contributed by atoms with Crippen molar-refractivity contribution in [3.8, 4) is 0 Å². The normalized spacial score (nSPS) is 21.6. The van der Waals surface area contributed by atoms with Gasteiger partial charge in [0.15, 0.2) is 0 Å². The molecule has 7 heteroatoms. The number of benzene rings is 1. The summed E-state index contributed by atoms with van der Waals surface area (Å²) in [5.74, 6) is 0.0174. The Balaban J connectivity index is 1.78. The van der Waals surface area contributed by atoms with Gasteiger partial charge < -0.3 is 9.64 Å². The van der Waals surface area contributed by atoms with E-state index < -0.39 is 10.0 Å². The second-order valence-electron chi connectivity index (χ2n) is 5.86. The Morgan fingerprint density at radius 2 is 1.91 bits per heavy atom. The molecule has 1 atom stereocenters. The van der Waals surface area contributed by atoms with Crippen LogP contribution in [0, 0.1) is 0 Å². The highest BCUT2D eigenvalue weighted by atomic mass is 32.2. The summed E-state index contributed by atoms with van der Waals surface area (Å²) in [6, 6.07) is 7.14. The summed E-state index contributed by atoms with van der Waals surface area (Å²) >= 11 is 0. The van der Waals surface area contributed by atoms with E-state index in [9.17, 15) is 13.2 Å². The van der Waals surface area contributed by atoms with Crippen LogP contribution in [0.2, 0.25) is 0 Å². The van der Waals surface area contributed by atoms with Crippen LogP contribution in [-0.2, 0) is 19.6 Å². The van der Waals surface area contributed by atoms with Gasteiger partial charge in [-0.15, -0.1) is 0 Å². The van der Waals surface area contributed by atoms with Gasteiger partial charge in [-0.2, -0.15) is 0 Å². The number of carbonyl (C=O) groups excluding carboxylic acids is 1. The molecule has 0 radical (unpaired) electrons. The zero-order valence-corrected chi connectivity index (χ0v) is 13.3. The van der Waals surface area contributed by atoms with Gasteiger partial charge >= 0.3 is 0 Å². The van der Waals surface area contributed by atoms with E-state index in [0.29, 0.717) is 12.3 Å². The quantitative estimate of drug-likeness (QED) is 0.895. The first-order valence-corrected chi connectivity index (χ1v) is 9.36. The maximum atomic E-state index is 12.6. The van der Waals surface area contributed by atoms with Crippen molar-refractivity contribution in [2.24, 2.45) is 0 Å². The number of sulfonamides is 1. The number of nitrogens with zero attached hydrogens (tertiary/aromatic N) is 1. The summed E-state index contributed by atoms with van der Waals surface area (Å²) in [5, 5.41) is 0. The van der Waals surface area contributed by atoms with Crippen molar-refractivity contribution in [1.29, 1.82) is 0 Å². The van der Waals surface area contributed by atoms with E-state index in [0.717, 1.165) is 37.6 Å². The topological polar surface area (TPSA) is 75.7 Å². The van der Waals surface area contributed by atoms with Crippen LogP contribution in [-0.4, -0.2) is 39.3 Å². The van der Waals surface area contributed by atoms with Gasteiger partial charge in [0.25, 0.3) is 5.91 Å². The molecule has 1 aromatic rings. The van der Waals surface area contributed by atoms with Crippen LogP contribution in [0.25, 0.3) is 0 Å².